The average molecular weight is 263 g/mol. The first-order valence-electron chi connectivity index (χ1n) is 5.31. The molecule has 1 aromatic rings. The number of nitrogens with zero attached hydrogens (tertiary/aromatic N) is 3. The molecule has 1 rings (SSSR count). The van der Waals surface area contributed by atoms with Crippen molar-refractivity contribution in [2.45, 2.75) is 17.7 Å². The van der Waals surface area contributed by atoms with Crippen LogP contribution in [-0.2, 0) is 16.4 Å². The SMILES string of the molecule is CN(CCC#N)S(=O)(=O)c1ccc(CC#N)cc1. The van der Waals surface area contributed by atoms with Crippen molar-refractivity contribution in [3.63, 3.8) is 0 Å². The molecule has 0 bridgehead atoms. The van der Waals surface area contributed by atoms with Gasteiger partial charge in [0.25, 0.3) is 0 Å². The minimum absolute atomic E-state index is 0.155. The van der Waals surface area contributed by atoms with Crippen LogP contribution in [0.5, 0.6) is 0 Å². The van der Waals surface area contributed by atoms with Gasteiger partial charge in [0, 0.05) is 20.0 Å². The van der Waals surface area contributed by atoms with Gasteiger partial charge in [-0.3, -0.25) is 0 Å². The lowest BCUT2D eigenvalue weighted by Crippen LogP contribution is -2.27. The summed E-state index contributed by atoms with van der Waals surface area (Å²) >= 11 is 0. The van der Waals surface area contributed by atoms with Crippen LogP contribution in [0.25, 0.3) is 0 Å². The van der Waals surface area contributed by atoms with Crippen LogP contribution < -0.4 is 0 Å². The maximum atomic E-state index is 12.1. The summed E-state index contributed by atoms with van der Waals surface area (Å²) in [5.74, 6) is 0. The van der Waals surface area contributed by atoms with Crippen LogP contribution in [0.2, 0.25) is 0 Å². The zero-order chi connectivity index (χ0) is 13.6. The van der Waals surface area contributed by atoms with E-state index in [9.17, 15) is 8.42 Å². The van der Waals surface area contributed by atoms with E-state index in [0.717, 1.165) is 9.87 Å². The molecule has 0 unspecified atom stereocenters. The topological polar surface area (TPSA) is 85.0 Å². The maximum Gasteiger partial charge on any atom is 0.242 e. The van der Waals surface area contributed by atoms with Crippen molar-refractivity contribution in [3.05, 3.63) is 29.8 Å². The summed E-state index contributed by atoms with van der Waals surface area (Å²) in [6, 6.07) is 10.1. The monoisotopic (exact) mass is 263 g/mol. The van der Waals surface area contributed by atoms with Crippen molar-refractivity contribution in [1.82, 2.24) is 4.31 Å². The van der Waals surface area contributed by atoms with Gasteiger partial charge in [0.15, 0.2) is 0 Å². The Bertz CT molecular complexity index is 579. The summed E-state index contributed by atoms with van der Waals surface area (Å²) in [6.45, 7) is 0.165. The number of benzene rings is 1. The van der Waals surface area contributed by atoms with E-state index in [4.69, 9.17) is 10.5 Å². The van der Waals surface area contributed by atoms with Crippen molar-refractivity contribution >= 4 is 10.0 Å². The highest BCUT2D eigenvalue weighted by molar-refractivity contribution is 7.89. The average Bonchev–Trinajstić information content (AvgIpc) is 2.37. The molecule has 0 heterocycles. The number of hydrogen-bond donors (Lipinski definition) is 0. The smallest absolute Gasteiger partial charge is 0.207 e. The Balaban J connectivity index is 2.92. The summed E-state index contributed by atoms with van der Waals surface area (Å²) in [6.07, 6.45) is 0.410. The van der Waals surface area contributed by atoms with Gasteiger partial charge in [-0.05, 0) is 17.7 Å². The standard InChI is InChI=1S/C12H13N3O2S/c1-15(10-2-8-13)18(16,17)12-5-3-11(4-6-12)7-9-14/h3-6H,2,7,10H2,1H3. The number of nitriles is 2. The van der Waals surface area contributed by atoms with Crippen LogP contribution in [-0.4, -0.2) is 26.3 Å². The maximum absolute atomic E-state index is 12.1. The van der Waals surface area contributed by atoms with Crippen molar-refractivity contribution in [2.24, 2.45) is 0 Å². The molecule has 0 aliphatic rings. The Morgan fingerprint density at radius 3 is 2.28 bits per heavy atom. The van der Waals surface area contributed by atoms with Gasteiger partial charge in [-0.2, -0.15) is 14.8 Å². The predicted molar refractivity (Wildman–Crippen MR) is 65.8 cm³/mol. The molecular weight excluding hydrogens is 250 g/mol. The van der Waals surface area contributed by atoms with E-state index in [0.29, 0.717) is 0 Å². The first kappa shape index (κ1) is 14.2. The second kappa shape index (κ2) is 6.15. The molecule has 1 aromatic carbocycles. The Morgan fingerprint density at radius 1 is 1.17 bits per heavy atom. The van der Waals surface area contributed by atoms with Crippen LogP contribution in [0.1, 0.15) is 12.0 Å². The molecule has 0 aliphatic heterocycles. The number of rotatable bonds is 5. The highest BCUT2D eigenvalue weighted by atomic mass is 32.2. The summed E-state index contributed by atoms with van der Waals surface area (Å²) in [5, 5.41) is 17.0. The Hall–Kier alpha value is -1.89. The molecule has 0 amide bonds. The second-order valence-corrected chi connectivity index (χ2v) is 5.76. The van der Waals surface area contributed by atoms with Crippen molar-refractivity contribution in [3.8, 4) is 12.1 Å². The fourth-order valence-electron chi connectivity index (χ4n) is 1.38. The lowest BCUT2D eigenvalue weighted by molar-refractivity contribution is 0.476. The van der Waals surface area contributed by atoms with Gasteiger partial charge in [-0.15, -0.1) is 0 Å². The van der Waals surface area contributed by atoms with Crippen LogP contribution >= 0.6 is 0 Å². The third kappa shape index (κ3) is 3.30. The molecule has 6 heteroatoms. The summed E-state index contributed by atoms with van der Waals surface area (Å²) < 4.78 is 25.3. The van der Waals surface area contributed by atoms with Gasteiger partial charge >= 0.3 is 0 Å². The molecule has 0 radical (unpaired) electrons. The van der Waals surface area contributed by atoms with Crippen LogP contribution in [0.4, 0.5) is 0 Å². The molecule has 0 spiro atoms. The molecule has 0 aliphatic carbocycles. The van der Waals surface area contributed by atoms with E-state index >= 15 is 0 Å². The summed E-state index contributed by atoms with van der Waals surface area (Å²) in [4.78, 5) is 0.171. The molecule has 0 N–H and O–H groups in total. The third-order valence-electron chi connectivity index (χ3n) is 2.45. The second-order valence-electron chi connectivity index (χ2n) is 3.71. The number of sulfonamides is 1. The van der Waals surface area contributed by atoms with Crippen LogP contribution in [0, 0.1) is 22.7 Å². The molecule has 0 aromatic heterocycles. The molecule has 0 fully saturated rings. The molecule has 0 atom stereocenters. The van der Waals surface area contributed by atoms with Gasteiger partial charge in [-0.1, -0.05) is 12.1 Å². The minimum atomic E-state index is -3.54. The first-order chi connectivity index (χ1) is 8.52. The van der Waals surface area contributed by atoms with E-state index in [1.165, 1.54) is 19.2 Å². The molecule has 0 saturated carbocycles. The fraction of sp³-hybridized carbons (Fsp3) is 0.333. The number of hydrogen-bond acceptors (Lipinski definition) is 4. The Kier molecular flexibility index (Phi) is 4.85. The highest BCUT2D eigenvalue weighted by Gasteiger charge is 2.19. The molecule has 5 nitrogen and oxygen atoms in total. The zero-order valence-electron chi connectivity index (χ0n) is 10.00. The largest absolute Gasteiger partial charge is 0.242 e. The van der Waals surface area contributed by atoms with Crippen molar-refractivity contribution < 1.29 is 8.42 Å². The highest BCUT2D eigenvalue weighted by Crippen LogP contribution is 2.15. The van der Waals surface area contributed by atoms with Gasteiger partial charge in [-0.25, -0.2) is 8.42 Å². The minimum Gasteiger partial charge on any atom is -0.207 e. The van der Waals surface area contributed by atoms with E-state index in [1.807, 2.05) is 12.1 Å². The lowest BCUT2D eigenvalue weighted by Gasteiger charge is -2.15. The quantitative estimate of drug-likeness (QED) is 0.801. The normalized spacial score (nSPS) is 10.9. The molecule has 94 valence electrons. The van der Waals surface area contributed by atoms with E-state index < -0.39 is 10.0 Å². The van der Waals surface area contributed by atoms with Gasteiger partial charge in [0.05, 0.1) is 23.5 Å². The van der Waals surface area contributed by atoms with Gasteiger partial charge < -0.3 is 0 Å². The van der Waals surface area contributed by atoms with Gasteiger partial charge in [0.2, 0.25) is 10.0 Å². The Labute approximate surface area is 107 Å². The first-order valence-corrected chi connectivity index (χ1v) is 6.75. The van der Waals surface area contributed by atoms with E-state index in [1.54, 1.807) is 12.1 Å². The zero-order valence-corrected chi connectivity index (χ0v) is 10.8. The van der Waals surface area contributed by atoms with Gasteiger partial charge in [0.1, 0.15) is 0 Å². The molecule has 18 heavy (non-hydrogen) atoms. The fourth-order valence-corrected chi connectivity index (χ4v) is 2.55. The summed E-state index contributed by atoms with van der Waals surface area (Å²) in [7, 11) is -2.10. The van der Waals surface area contributed by atoms with E-state index in [2.05, 4.69) is 0 Å². The molecule has 0 saturated heterocycles. The van der Waals surface area contributed by atoms with Crippen LogP contribution in [0.3, 0.4) is 0 Å². The third-order valence-corrected chi connectivity index (χ3v) is 4.32. The van der Waals surface area contributed by atoms with E-state index in [-0.39, 0.29) is 24.3 Å². The Morgan fingerprint density at radius 2 is 1.78 bits per heavy atom. The summed E-state index contributed by atoms with van der Waals surface area (Å²) in [5.41, 5.74) is 0.774. The molecular formula is C12H13N3O2S. The van der Waals surface area contributed by atoms with Crippen LogP contribution in [0.15, 0.2) is 29.2 Å². The lowest BCUT2D eigenvalue weighted by atomic mass is 10.2. The van der Waals surface area contributed by atoms with Crippen molar-refractivity contribution in [2.75, 3.05) is 13.6 Å². The van der Waals surface area contributed by atoms with Crippen molar-refractivity contribution in [1.29, 1.82) is 10.5 Å². The predicted octanol–water partition coefficient (Wildman–Crippen LogP) is 1.29.